The second-order valence-corrected chi connectivity index (χ2v) is 8.01. The van der Waals surface area contributed by atoms with Crippen LogP contribution in [0.2, 0.25) is 0 Å². The SMILES string of the molecule is CCCCc1c(Cc2ccc(-c3ccccc3-c3nn[nH]n3)cc2)c(CO)nn1CCC. The van der Waals surface area contributed by atoms with Gasteiger partial charge in [0.25, 0.3) is 0 Å². The second-order valence-electron chi connectivity index (χ2n) is 8.01. The fourth-order valence-corrected chi connectivity index (χ4v) is 4.15. The van der Waals surface area contributed by atoms with Crippen LogP contribution in [0, 0.1) is 0 Å². The summed E-state index contributed by atoms with van der Waals surface area (Å²) in [6.07, 6.45) is 5.05. The predicted octanol–water partition coefficient (Wildman–Crippen LogP) is 4.57. The Morgan fingerprint density at radius 3 is 2.41 bits per heavy atom. The van der Waals surface area contributed by atoms with Gasteiger partial charge in [-0.1, -0.05) is 68.8 Å². The fraction of sp³-hybridized carbons (Fsp3) is 0.360. The Labute approximate surface area is 188 Å². The standard InChI is InChI=1S/C25H30N6O/c1-3-5-10-24-22(23(17-32)28-31(24)15-4-2)16-18-11-13-19(14-12-18)20-8-6-7-9-21(20)25-26-29-30-27-25/h6-9,11-14,32H,3-5,10,15-17H2,1-2H3,(H,26,27,29,30). The lowest BCUT2D eigenvalue weighted by molar-refractivity contribution is 0.274. The van der Waals surface area contributed by atoms with E-state index >= 15 is 0 Å². The van der Waals surface area contributed by atoms with Crippen LogP contribution in [0.15, 0.2) is 48.5 Å². The molecule has 0 amide bonds. The van der Waals surface area contributed by atoms with Crippen molar-refractivity contribution in [2.24, 2.45) is 0 Å². The number of hydrogen-bond acceptors (Lipinski definition) is 5. The molecule has 2 N–H and O–H groups in total. The highest BCUT2D eigenvalue weighted by atomic mass is 16.3. The largest absolute Gasteiger partial charge is 0.390 e. The highest BCUT2D eigenvalue weighted by molar-refractivity contribution is 5.80. The molecule has 32 heavy (non-hydrogen) atoms. The Morgan fingerprint density at radius 1 is 0.969 bits per heavy atom. The molecule has 0 unspecified atom stereocenters. The van der Waals surface area contributed by atoms with Crippen molar-refractivity contribution in [1.29, 1.82) is 0 Å². The van der Waals surface area contributed by atoms with Crippen molar-refractivity contribution in [2.75, 3.05) is 0 Å². The molecular formula is C25H30N6O. The van der Waals surface area contributed by atoms with Gasteiger partial charge in [0.2, 0.25) is 5.82 Å². The lowest BCUT2D eigenvalue weighted by Crippen LogP contribution is -2.06. The van der Waals surface area contributed by atoms with Gasteiger partial charge in [-0.05, 0) is 41.2 Å². The van der Waals surface area contributed by atoms with Crippen molar-refractivity contribution >= 4 is 0 Å². The zero-order valence-electron chi connectivity index (χ0n) is 18.8. The average molecular weight is 431 g/mol. The highest BCUT2D eigenvalue weighted by Gasteiger charge is 2.17. The number of aromatic nitrogens is 6. The van der Waals surface area contributed by atoms with E-state index in [1.54, 1.807) is 0 Å². The quantitative estimate of drug-likeness (QED) is 0.385. The summed E-state index contributed by atoms with van der Waals surface area (Å²) in [4.78, 5) is 0. The smallest absolute Gasteiger partial charge is 0.205 e. The fourth-order valence-electron chi connectivity index (χ4n) is 4.15. The Hall–Kier alpha value is -3.32. The first kappa shape index (κ1) is 21.9. The number of nitrogens with one attached hydrogen (secondary N) is 1. The molecule has 0 radical (unpaired) electrons. The first-order chi connectivity index (χ1) is 15.7. The third kappa shape index (κ3) is 4.62. The van der Waals surface area contributed by atoms with Crippen LogP contribution in [0.4, 0.5) is 0 Å². The molecule has 7 heteroatoms. The monoisotopic (exact) mass is 430 g/mol. The summed E-state index contributed by atoms with van der Waals surface area (Å²) >= 11 is 0. The zero-order valence-corrected chi connectivity index (χ0v) is 18.8. The number of unbranched alkanes of at least 4 members (excludes halogenated alkanes) is 1. The Balaban J connectivity index is 1.63. The maximum Gasteiger partial charge on any atom is 0.205 e. The summed E-state index contributed by atoms with van der Waals surface area (Å²) in [7, 11) is 0. The Kier molecular flexibility index (Phi) is 7.07. The van der Waals surface area contributed by atoms with Gasteiger partial charge in [0, 0.05) is 29.8 Å². The lowest BCUT2D eigenvalue weighted by atomic mass is 9.95. The van der Waals surface area contributed by atoms with Crippen LogP contribution in [0.25, 0.3) is 22.5 Å². The van der Waals surface area contributed by atoms with E-state index in [1.165, 1.54) is 16.8 Å². The van der Waals surface area contributed by atoms with Gasteiger partial charge in [-0.15, -0.1) is 10.2 Å². The van der Waals surface area contributed by atoms with E-state index < -0.39 is 0 Å². The minimum atomic E-state index is -0.0265. The van der Waals surface area contributed by atoms with Crippen LogP contribution in [0.1, 0.15) is 55.6 Å². The number of benzene rings is 2. The van der Waals surface area contributed by atoms with Gasteiger partial charge in [-0.2, -0.15) is 10.3 Å². The van der Waals surface area contributed by atoms with Crippen molar-refractivity contribution in [3.8, 4) is 22.5 Å². The molecule has 0 saturated carbocycles. The van der Waals surface area contributed by atoms with Crippen molar-refractivity contribution in [1.82, 2.24) is 30.4 Å². The molecule has 4 rings (SSSR count). The minimum Gasteiger partial charge on any atom is -0.390 e. The third-order valence-corrected chi connectivity index (χ3v) is 5.76. The van der Waals surface area contributed by atoms with Gasteiger partial charge >= 0.3 is 0 Å². The number of aryl methyl sites for hydroxylation is 1. The number of aromatic amines is 1. The normalized spacial score (nSPS) is 11.2. The molecule has 0 atom stereocenters. The van der Waals surface area contributed by atoms with Crippen LogP contribution in [-0.2, 0) is 26.0 Å². The van der Waals surface area contributed by atoms with Crippen molar-refractivity contribution in [3.05, 3.63) is 71.0 Å². The van der Waals surface area contributed by atoms with Crippen molar-refractivity contribution < 1.29 is 5.11 Å². The molecule has 0 aliphatic heterocycles. The van der Waals surface area contributed by atoms with E-state index in [2.05, 4.69) is 69.5 Å². The highest BCUT2D eigenvalue weighted by Crippen LogP contribution is 2.30. The molecule has 0 saturated heterocycles. The van der Waals surface area contributed by atoms with Gasteiger partial charge < -0.3 is 5.11 Å². The summed E-state index contributed by atoms with van der Waals surface area (Å²) in [6.45, 7) is 5.23. The molecule has 166 valence electrons. The molecule has 0 aliphatic rings. The van der Waals surface area contributed by atoms with Gasteiger partial charge in [0.05, 0.1) is 12.3 Å². The van der Waals surface area contributed by atoms with Gasteiger partial charge in [0.1, 0.15) is 0 Å². The van der Waals surface area contributed by atoms with Gasteiger partial charge in [0.15, 0.2) is 0 Å². The van der Waals surface area contributed by atoms with E-state index in [9.17, 15) is 5.11 Å². The van der Waals surface area contributed by atoms with Crippen LogP contribution >= 0.6 is 0 Å². The molecule has 2 aromatic carbocycles. The first-order valence-corrected chi connectivity index (χ1v) is 11.4. The van der Waals surface area contributed by atoms with E-state index in [-0.39, 0.29) is 6.61 Å². The third-order valence-electron chi connectivity index (χ3n) is 5.76. The number of aliphatic hydroxyl groups excluding tert-OH is 1. The molecular weight excluding hydrogens is 400 g/mol. The van der Waals surface area contributed by atoms with Crippen LogP contribution in [-0.4, -0.2) is 35.5 Å². The van der Waals surface area contributed by atoms with Crippen LogP contribution < -0.4 is 0 Å². The Bertz CT molecular complexity index is 1130. The predicted molar refractivity (Wildman–Crippen MR) is 125 cm³/mol. The van der Waals surface area contributed by atoms with Gasteiger partial charge in [-0.25, -0.2) is 0 Å². The molecule has 0 spiro atoms. The number of aliphatic hydroxyl groups is 1. The Morgan fingerprint density at radius 2 is 1.75 bits per heavy atom. The second kappa shape index (κ2) is 10.3. The summed E-state index contributed by atoms with van der Waals surface area (Å²) < 4.78 is 2.10. The summed E-state index contributed by atoms with van der Waals surface area (Å²) in [5.74, 6) is 0.584. The van der Waals surface area contributed by atoms with E-state index in [4.69, 9.17) is 5.10 Å². The van der Waals surface area contributed by atoms with Crippen molar-refractivity contribution in [2.45, 2.75) is 59.1 Å². The number of rotatable bonds is 10. The van der Waals surface area contributed by atoms with Crippen LogP contribution in [0.5, 0.6) is 0 Å². The van der Waals surface area contributed by atoms with Crippen molar-refractivity contribution in [3.63, 3.8) is 0 Å². The summed E-state index contributed by atoms with van der Waals surface area (Å²) in [5, 5.41) is 29.2. The van der Waals surface area contributed by atoms with E-state index in [0.717, 1.165) is 61.0 Å². The first-order valence-electron chi connectivity index (χ1n) is 11.4. The molecule has 0 fully saturated rings. The summed E-state index contributed by atoms with van der Waals surface area (Å²) in [5.41, 5.74) is 7.56. The maximum absolute atomic E-state index is 9.95. The van der Waals surface area contributed by atoms with Crippen LogP contribution in [0.3, 0.4) is 0 Å². The molecule has 2 heterocycles. The number of tetrazole rings is 1. The molecule has 4 aromatic rings. The molecule has 0 bridgehead atoms. The van der Waals surface area contributed by atoms with Gasteiger partial charge in [-0.3, -0.25) is 4.68 Å². The molecule has 2 aromatic heterocycles. The number of H-pyrrole nitrogens is 1. The number of nitrogens with zero attached hydrogens (tertiary/aromatic N) is 5. The molecule has 7 nitrogen and oxygen atoms in total. The summed E-state index contributed by atoms with van der Waals surface area (Å²) in [6, 6.07) is 16.7. The van der Waals surface area contributed by atoms with E-state index in [0.29, 0.717) is 5.82 Å². The average Bonchev–Trinajstić information content (AvgIpc) is 3.47. The lowest BCUT2D eigenvalue weighted by Gasteiger charge is -2.11. The zero-order chi connectivity index (χ0) is 22.3. The number of hydrogen-bond donors (Lipinski definition) is 2. The minimum absolute atomic E-state index is 0.0265. The molecule has 0 aliphatic carbocycles. The maximum atomic E-state index is 9.95. The van der Waals surface area contributed by atoms with E-state index in [1.807, 2.05) is 18.2 Å². The topological polar surface area (TPSA) is 92.5 Å².